The van der Waals surface area contributed by atoms with Gasteiger partial charge in [-0.05, 0) is 42.5 Å². The molecule has 4 N–H and O–H groups in total. The average molecular weight is 239 g/mol. The second-order valence-electron chi connectivity index (χ2n) is 4.78. The van der Waals surface area contributed by atoms with Crippen LogP contribution >= 0.6 is 0 Å². The Morgan fingerprint density at radius 3 is 2.78 bits per heavy atom. The first-order valence-corrected chi connectivity index (χ1v) is 6.12. The van der Waals surface area contributed by atoms with Crippen LogP contribution in [0.15, 0.2) is 18.3 Å². The summed E-state index contributed by atoms with van der Waals surface area (Å²) in [4.78, 5) is 7.89. The van der Waals surface area contributed by atoms with E-state index < -0.39 is 0 Å². The molecule has 1 aromatic carbocycles. The number of nitrogens with two attached hydrogens (primary N) is 1. The first-order valence-electron chi connectivity index (χ1n) is 6.12. The number of aromatic nitrogens is 4. The fourth-order valence-electron chi connectivity index (χ4n) is 2.68. The summed E-state index contributed by atoms with van der Waals surface area (Å²) in [5.41, 5.74) is 12.1. The van der Waals surface area contributed by atoms with Crippen LogP contribution in [0.4, 0.5) is 5.69 Å². The lowest BCUT2D eigenvalue weighted by Crippen LogP contribution is -1.87. The quantitative estimate of drug-likeness (QED) is 0.607. The Morgan fingerprint density at radius 1 is 1.17 bits per heavy atom. The van der Waals surface area contributed by atoms with Gasteiger partial charge >= 0.3 is 0 Å². The zero-order valence-corrected chi connectivity index (χ0v) is 9.83. The van der Waals surface area contributed by atoms with Crippen LogP contribution in [0.3, 0.4) is 0 Å². The molecule has 0 saturated heterocycles. The minimum Gasteiger partial charge on any atom is -0.396 e. The molecule has 0 radical (unpaired) electrons. The van der Waals surface area contributed by atoms with E-state index in [0.717, 1.165) is 22.6 Å². The highest BCUT2D eigenvalue weighted by molar-refractivity contribution is 5.82. The smallest absolute Gasteiger partial charge is 0.158 e. The van der Waals surface area contributed by atoms with Gasteiger partial charge in [0.2, 0.25) is 0 Å². The first kappa shape index (κ1) is 9.70. The number of aromatic amines is 2. The summed E-state index contributed by atoms with van der Waals surface area (Å²) in [6.45, 7) is 0. The molecule has 90 valence electrons. The Hall–Kier alpha value is -2.30. The number of fused-ring (bicyclic) bond motifs is 2. The minimum atomic E-state index is 0.613. The Morgan fingerprint density at radius 2 is 2.00 bits per heavy atom. The van der Waals surface area contributed by atoms with Crippen LogP contribution in [0, 0.1) is 0 Å². The van der Waals surface area contributed by atoms with Gasteiger partial charge in [0.05, 0.1) is 22.9 Å². The monoisotopic (exact) mass is 239 g/mol. The maximum absolute atomic E-state index is 5.84. The molecule has 0 saturated carbocycles. The van der Waals surface area contributed by atoms with Gasteiger partial charge in [-0.15, -0.1) is 0 Å². The molecule has 2 aromatic heterocycles. The van der Waals surface area contributed by atoms with Crippen molar-refractivity contribution in [2.75, 3.05) is 5.73 Å². The summed E-state index contributed by atoms with van der Waals surface area (Å²) < 4.78 is 0. The Labute approximate surface area is 103 Å². The lowest BCUT2D eigenvalue weighted by Gasteiger charge is -1.96. The van der Waals surface area contributed by atoms with Crippen LogP contribution in [0.1, 0.15) is 17.5 Å². The van der Waals surface area contributed by atoms with Crippen LogP contribution in [-0.2, 0) is 12.8 Å². The van der Waals surface area contributed by atoms with Crippen molar-refractivity contribution >= 4 is 16.7 Å². The van der Waals surface area contributed by atoms with Gasteiger partial charge in [-0.3, -0.25) is 5.10 Å². The molecular formula is C13H13N5. The van der Waals surface area contributed by atoms with Crippen molar-refractivity contribution in [3.8, 4) is 11.5 Å². The number of aryl methyl sites for hydroxylation is 2. The highest BCUT2D eigenvalue weighted by atomic mass is 15.1. The number of anilines is 1. The van der Waals surface area contributed by atoms with Crippen LogP contribution in [0.25, 0.3) is 22.6 Å². The van der Waals surface area contributed by atoms with Crippen LogP contribution in [0.2, 0.25) is 0 Å². The molecule has 3 aromatic rings. The first-order chi connectivity index (χ1) is 8.81. The average Bonchev–Trinajstić information content (AvgIpc) is 3.02. The van der Waals surface area contributed by atoms with E-state index in [4.69, 9.17) is 5.73 Å². The largest absolute Gasteiger partial charge is 0.396 e. The number of hydrogen-bond donors (Lipinski definition) is 3. The van der Waals surface area contributed by atoms with E-state index in [1.54, 1.807) is 6.20 Å². The van der Waals surface area contributed by atoms with Crippen LogP contribution < -0.4 is 5.73 Å². The molecule has 2 heterocycles. The van der Waals surface area contributed by atoms with E-state index in [-0.39, 0.29) is 0 Å². The summed E-state index contributed by atoms with van der Waals surface area (Å²) in [7, 11) is 0. The summed E-state index contributed by atoms with van der Waals surface area (Å²) in [6.07, 6.45) is 5.19. The van der Waals surface area contributed by atoms with Crippen molar-refractivity contribution < 1.29 is 0 Å². The zero-order chi connectivity index (χ0) is 12.1. The fraction of sp³-hybridized carbons (Fsp3) is 0.231. The number of imidazole rings is 1. The second-order valence-corrected chi connectivity index (χ2v) is 4.78. The van der Waals surface area contributed by atoms with Gasteiger partial charge in [0.15, 0.2) is 5.82 Å². The number of nitrogen functional groups attached to an aromatic ring is 1. The SMILES string of the molecule is Nc1cn[nH]c1-c1nc2cc3c(cc2[nH]1)CCC3. The third-order valence-electron chi connectivity index (χ3n) is 3.60. The molecule has 5 heteroatoms. The lowest BCUT2D eigenvalue weighted by molar-refractivity contribution is 0.912. The number of benzene rings is 1. The molecule has 5 nitrogen and oxygen atoms in total. The Bertz CT molecular complexity index is 696. The van der Waals surface area contributed by atoms with Gasteiger partial charge in [-0.2, -0.15) is 5.10 Å². The molecule has 0 amide bonds. The Kier molecular flexibility index (Phi) is 1.81. The lowest BCUT2D eigenvalue weighted by atomic mass is 10.1. The molecule has 4 rings (SSSR count). The third kappa shape index (κ3) is 1.27. The highest BCUT2D eigenvalue weighted by Gasteiger charge is 2.15. The highest BCUT2D eigenvalue weighted by Crippen LogP contribution is 2.29. The van der Waals surface area contributed by atoms with Crippen molar-refractivity contribution in [2.24, 2.45) is 0 Å². The van der Waals surface area contributed by atoms with Gasteiger partial charge in [-0.1, -0.05) is 0 Å². The molecular weight excluding hydrogens is 226 g/mol. The number of rotatable bonds is 1. The molecule has 0 fully saturated rings. The summed E-state index contributed by atoms with van der Waals surface area (Å²) in [5, 5.41) is 6.79. The van der Waals surface area contributed by atoms with Crippen LogP contribution in [-0.4, -0.2) is 20.2 Å². The minimum absolute atomic E-state index is 0.613. The molecule has 0 spiro atoms. The molecule has 0 unspecified atom stereocenters. The number of hydrogen-bond acceptors (Lipinski definition) is 3. The summed E-state index contributed by atoms with van der Waals surface area (Å²) >= 11 is 0. The summed E-state index contributed by atoms with van der Waals surface area (Å²) in [6, 6.07) is 4.39. The van der Waals surface area contributed by atoms with Gasteiger partial charge in [0.1, 0.15) is 5.69 Å². The second kappa shape index (κ2) is 3.35. The maximum atomic E-state index is 5.84. The van der Waals surface area contributed by atoms with Crippen molar-refractivity contribution in [3.05, 3.63) is 29.5 Å². The number of nitrogens with zero attached hydrogens (tertiary/aromatic N) is 2. The van der Waals surface area contributed by atoms with E-state index in [2.05, 4.69) is 32.3 Å². The van der Waals surface area contributed by atoms with E-state index in [0.29, 0.717) is 5.69 Å². The van der Waals surface area contributed by atoms with Crippen molar-refractivity contribution in [3.63, 3.8) is 0 Å². The van der Waals surface area contributed by atoms with Gasteiger partial charge in [-0.25, -0.2) is 4.98 Å². The topological polar surface area (TPSA) is 83.4 Å². The van der Waals surface area contributed by atoms with E-state index in [1.807, 2.05) is 0 Å². The standard InChI is InChI=1S/C13H13N5/c14-9-6-15-18-12(9)13-16-10-4-7-2-1-3-8(7)5-11(10)17-13/h4-6H,1-3,14H2,(H,15,18)(H,16,17). The van der Waals surface area contributed by atoms with Crippen molar-refractivity contribution in [1.82, 2.24) is 20.2 Å². The van der Waals surface area contributed by atoms with Crippen molar-refractivity contribution in [2.45, 2.75) is 19.3 Å². The Balaban J connectivity index is 1.93. The molecule has 0 atom stereocenters. The van der Waals surface area contributed by atoms with Gasteiger partial charge in [0.25, 0.3) is 0 Å². The van der Waals surface area contributed by atoms with E-state index >= 15 is 0 Å². The van der Waals surface area contributed by atoms with E-state index in [1.165, 1.54) is 30.4 Å². The molecule has 18 heavy (non-hydrogen) atoms. The number of H-pyrrole nitrogens is 2. The van der Waals surface area contributed by atoms with Gasteiger partial charge < -0.3 is 10.7 Å². The zero-order valence-electron chi connectivity index (χ0n) is 9.83. The predicted molar refractivity (Wildman–Crippen MR) is 70.1 cm³/mol. The molecule has 0 aliphatic heterocycles. The van der Waals surface area contributed by atoms with E-state index in [9.17, 15) is 0 Å². The maximum Gasteiger partial charge on any atom is 0.158 e. The normalized spacial score (nSPS) is 14.2. The fourth-order valence-corrected chi connectivity index (χ4v) is 2.68. The molecule has 1 aliphatic carbocycles. The van der Waals surface area contributed by atoms with Crippen LogP contribution in [0.5, 0.6) is 0 Å². The molecule has 0 bridgehead atoms. The third-order valence-corrected chi connectivity index (χ3v) is 3.60. The predicted octanol–water partition coefficient (Wildman–Crippen LogP) is 2.02. The summed E-state index contributed by atoms with van der Waals surface area (Å²) in [5.74, 6) is 0.753. The number of nitrogens with one attached hydrogen (secondary N) is 2. The van der Waals surface area contributed by atoms with Gasteiger partial charge in [0, 0.05) is 0 Å². The van der Waals surface area contributed by atoms with Crippen molar-refractivity contribution in [1.29, 1.82) is 0 Å². The molecule has 1 aliphatic rings.